The molecule has 0 amide bonds. The fourth-order valence-electron chi connectivity index (χ4n) is 9.28. The molecular formula is C38H48Cl4N2O4. The summed E-state index contributed by atoms with van der Waals surface area (Å²) in [5, 5.41) is 2.26. The zero-order chi connectivity index (χ0) is 33.9. The molecule has 0 aromatic heterocycles. The van der Waals surface area contributed by atoms with Crippen molar-refractivity contribution in [3.8, 4) is 0 Å². The van der Waals surface area contributed by atoms with Crippen LogP contribution in [-0.2, 0) is 19.1 Å². The van der Waals surface area contributed by atoms with Crippen LogP contribution in [0.2, 0.25) is 20.1 Å². The number of carbonyl (C=O) groups excluding carboxylic acids is 2. The van der Waals surface area contributed by atoms with E-state index in [1.165, 1.54) is 24.0 Å². The van der Waals surface area contributed by atoms with E-state index in [-0.39, 0.29) is 35.6 Å². The molecule has 4 aliphatic rings. The predicted molar refractivity (Wildman–Crippen MR) is 193 cm³/mol. The maximum absolute atomic E-state index is 12.8. The van der Waals surface area contributed by atoms with Gasteiger partial charge in [0.2, 0.25) is 0 Å². The van der Waals surface area contributed by atoms with E-state index in [1.54, 1.807) is 0 Å². The van der Waals surface area contributed by atoms with E-state index in [1.807, 2.05) is 24.3 Å². The molecule has 4 aliphatic heterocycles. The van der Waals surface area contributed by atoms with Crippen LogP contribution >= 0.6 is 46.4 Å². The Morgan fingerprint density at radius 1 is 0.625 bits per heavy atom. The van der Waals surface area contributed by atoms with Crippen molar-refractivity contribution in [2.75, 3.05) is 27.3 Å². The van der Waals surface area contributed by atoms with E-state index in [2.05, 4.69) is 36.0 Å². The Kier molecular flexibility index (Phi) is 12.2. The van der Waals surface area contributed by atoms with Gasteiger partial charge in [0.05, 0.1) is 33.3 Å². The van der Waals surface area contributed by atoms with Crippen LogP contribution in [0.5, 0.6) is 0 Å². The van der Waals surface area contributed by atoms with Crippen molar-refractivity contribution < 1.29 is 19.1 Å². The summed E-state index contributed by atoms with van der Waals surface area (Å²) in [6, 6.07) is 13.7. The lowest BCUT2D eigenvalue weighted by Crippen LogP contribution is -2.47. The topological polar surface area (TPSA) is 59.1 Å². The van der Waals surface area contributed by atoms with Crippen LogP contribution in [-0.4, -0.2) is 73.2 Å². The summed E-state index contributed by atoms with van der Waals surface area (Å²) in [4.78, 5) is 30.5. The zero-order valence-electron chi connectivity index (χ0n) is 28.0. The summed E-state index contributed by atoms with van der Waals surface area (Å²) in [5.74, 6) is 0.740. The Hall–Kier alpha value is -1.54. The number of hydrogen-bond donors (Lipinski definition) is 0. The van der Waals surface area contributed by atoms with Crippen molar-refractivity contribution in [2.45, 2.75) is 113 Å². The van der Waals surface area contributed by atoms with Crippen molar-refractivity contribution >= 4 is 58.3 Å². The van der Waals surface area contributed by atoms with E-state index in [9.17, 15) is 9.59 Å². The highest BCUT2D eigenvalue weighted by Gasteiger charge is 2.47. The minimum Gasteiger partial charge on any atom is -0.465 e. The number of ether oxygens (including phenoxy) is 2. The van der Waals surface area contributed by atoms with Gasteiger partial charge in [0.25, 0.3) is 0 Å². The van der Waals surface area contributed by atoms with Gasteiger partial charge in [-0.05, 0) is 113 Å². The van der Waals surface area contributed by atoms with E-state index in [4.69, 9.17) is 55.9 Å². The van der Waals surface area contributed by atoms with Crippen molar-refractivity contribution in [1.29, 1.82) is 0 Å². The van der Waals surface area contributed by atoms with Crippen molar-refractivity contribution in [3.05, 3.63) is 67.6 Å². The molecule has 6 rings (SSSR count). The molecule has 4 fully saturated rings. The second kappa shape index (κ2) is 16.2. The SMILES string of the molecule is CN1C2CCC1[C@@H](COC(=O)CCCCCCC(=O)OC[C@@H]1C3CCC(C[C@@H]1c1ccc(Cl)c(Cl)c1)N3C)[C@@H](c1ccc(Cl)c(Cl)c1)C2. The monoisotopic (exact) mass is 736 g/mol. The summed E-state index contributed by atoms with van der Waals surface area (Å²) in [7, 11) is 4.40. The number of benzene rings is 2. The van der Waals surface area contributed by atoms with E-state index in [0.29, 0.717) is 70.3 Å². The Morgan fingerprint density at radius 3 is 1.44 bits per heavy atom. The van der Waals surface area contributed by atoms with Crippen LogP contribution in [0.4, 0.5) is 0 Å². The molecule has 0 spiro atoms. The number of rotatable bonds is 13. The first-order valence-corrected chi connectivity index (χ1v) is 19.3. The first-order valence-electron chi connectivity index (χ1n) is 17.8. The lowest BCUT2D eigenvalue weighted by Gasteiger charge is -2.43. The van der Waals surface area contributed by atoms with Crippen LogP contribution < -0.4 is 0 Å². The quantitative estimate of drug-likeness (QED) is 0.151. The molecule has 10 heteroatoms. The number of piperidine rings is 2. The minimum absolute atomic E-state index is 0.145. The zero-order valence-corrected chi connectivity index (χ0v) is 31.0. The molecule has 0 N–H and O–H groups in total. The summed E-state index contributed by atoms with van der Waals surface area (Å²) < 4.78 is 11.8. The molecule has 4 heterocycles. The second-order valence-electron chi connectivity index (χ2n) is 14.6. The molecular weight excluding hydrogens is 690 g/mol. The number of carbonyl (C=O) groups is 2. The maximum Gasteiger partial charge on any atom is 0.305 e. The van der Waals surface area contributed by atoms with Crippen LogP contribution in [0.25, 0.3) is 0 Å². The Labute approximate surface area is 305 Å². The van der Waals surface area contributed by atoms with Gasteiger partial charge < -0.3 is 19.3 Å². The van der Waals surface area contributed by atoms with Gasteiger partial charge in [-0.3, -0.25) is 9.59 Å². The maximum atomic E-state index is 12.8. The van der Waals surface area contributed by atoms with Gasteiger partial charge in [-0.1, -0.05) is 71.4 Å². The molecule has 0 radical (unpaired) electrons. The van der Waals surface area contributed by atoms with E-state index in [0.717, 1.165) is 51.4 Å². The number of unbranched alkanes of at least 4 members (excludes halogenated alkanes) is 3. The van der Waals surface area contributed by atoms with Crippen LogP contribution in [0, 0.1) is 11.8 Å². The molecule has 2 aromatic rings. The molecule has 4 unspecified atom stereocenters. The van der Waals surface area contributed by atoms with E-state index >= 15 is 0 Å². The third kappa shape index (κ3) is 8.16. The first kappa shape index (κ1) is 36.3. The highest BCUT2D eigenvalue weighted by molar-refractivity contribution is 6.42. The van der Waals surface area contributed by atoms with Gasteiger partial charge in [0.15, 0.2) is 0 Å². The lowest BCUT2D eigenvalue weighted by molar-refractivity contribution is -0.147. The van der Waals surface area contributed by atoms with Crippen LogP contribution in [0.15, 0.2) is 36.4 Å². The molecule has 8 atom stereocenters. The fraction of sp³-hybridized carbons (Fsp3) is 0.632. The van der Waals surface area contributed by atoms with Gasteiger partial charge in [-0.15, -0.1) is 0 Å². The number of esters is 2. The van der Waals surface area contributed by atoms with Gasteiger partial charge in [-0.25, -0.2) is 0 Å². The van der Waals surface area contributed by atoms with Crippen molar-refractivity contribution in [2.24, 2.45) is 11.8 Å². The summed E-state index contributed by atoms with van der Waals surface area (Å²) >= 11 is 25.1. The average molecular weight is 739 g/mol. The Bertz CT molecular complexity index is 1350. The molecule has 6 nitrogen and oxygen atoms in total. The Morgan fingerprint density at radius 2 is 1.04 bits per heavy atom. The largest absolute Gasteiger partial charge is 0.465 e. The average Bonchev–Trinajstić information content (AvgIpc) is 3.44. The van der Waals surface area contributed by atoms with Gasteiger partial charge in [-0.2, -0.15) is 0 Å². The number of halogens is 4. The lowest BCUT2D eigenvalue weighted by atomic mass is 9.76. The minimum atomic E-state index is -0.145. The first-order chi connectivity index (χ1) is 23.1. The third-order valence-corrected chi connectivity index (χ3v) is 13.5. The number of nitrogens with zero attached hydrogens (tertiary/aromatic N) is 2. The van der Waals surface area contributed by atoms with Gasteiger partial charge in [0.1, 0.15) is 0 Å². The highest BCUT2D eigenvalue weighted by Crippen LogP contribution is 2.48. The standard InChI is InChI=1S/C38H48Cl4N2O4/c1-43-25-11-15-35(43)29(27(19-25)23-9-13-31(39)33(41)17-23)21-47-37(45)7-5-3-4-6-8-38(46)48-22-30-28(20-26-12-16-36(30)44(26)2)24-10-14-32(40)34(42)18-24/h9-10,13-14,17-18,25-30,35-36H,3-8,11-12,15-16,19-22H2,1-2H3/t25?,26?,27-,28-,29+,30+,35?,36?/m1/s1. The van der Waals surface area contributed by atoms with Gasteiger partial charge >= 0.3 is 11.9 Å². The summed E-state index contributed by atoms with van der Waals surface area (Å²) in [6.45, 7) is 0.836. The molecule has 0 aliphatic carbocycles. The second-order valence-corrected chi connectivity index (χ2v) is 16.2. The smallest absolute Gasteiger partial charge is 0.305 e. The van der Waals surface area contributed by atoms with Crippen LogP contribution in [0.3, 0.4) is 0 Å². The van der Waals surface area contributed by atoms with Crippen molar-refractivity contribution in [1.82, 2.24) is 9.80 Å². The van der Waals surface area contributed by atoms with Crippen molar-refractivity contribution in [3.63, 3.8) is 0 Å². The van der Waals surface area contributed by atoms with E-state index < -0.39 is 0 Å². The third-order valence-electron chi connectivity index (χ3n) is 12.0. The molecule has 0 saturated carbocycles. The Balaban J connectivity index is 0.907. The molecule has 262 valence electrons. The number of fused-ring (bicyclic) bond motifs is 4. The number of hydrogen-bond acceptors (Lipinski definition) is 6. The molecule has 4 bridgehead atoms. The highest BCUT2D eigenvalue weighted by atomic mass is 35.5. The normalized spacial score (nSPS) is 30.0. The molecule has 4 saturated heterocycles. The summed E-state index contributed by atoms with van der Waals surface area (Å²) in [6.07, 6.45) is 10.7. The molecule has 2 aromatic carbocycles. The van der Waals surface area contributed by atoms with Gasteiger partial charge in [0, 0.05) is 48.8 Å². The molecule has 48 heavy (non-hydrogen) atoms. The fourth-order valence-corrected chi connectivity index (χ4v) is 9.89. The summed E-state index contributed by atoms with van der Waals surface area (Å²) in [5.41, 5.74) is 2.36. The predicted octanol–water partition coefficient (Wildman–Crippen LogP) is 9.56. The van der Waals surface area contributed by atoms with Crippen LogP contribution in [0.1, 0.15) is 100 Å².